The number of carboxylic acid groups (broad SMARTS) is 1. The molecule has 14 nitrogen and oxygen atoms in total. The van der Waals surface area contributed by atoms with E-state index in [4.69, 9.17) is 43.5 Å². The molecule has 4 aromatic rings. The van der Waals surface area contributed by atoms with Gasteiger partial charge in [0.2, 0.25) is 0 Å². The van der Waals surface area contributed by atoms with Gasteiger partial charge in [-0.15, -0.1) is 22.7 Å². The average Bonchev–Trinajstić information content (AvgIpc) is 4.04. The molecule has 0 spiro atoms. The van der Waals surface area contributed by atoms with Crippen LogP contribution in [0.15, 0.2) is 36.9 Å². The summed E-state index contributed by atoms with van der Waals surface area (Å²) in [5.41, 5.74) is 5.69. The van der Waals surface area contributed by atoms with Crippen LogP contribution < -0.4 is 5.73 Å². The summed E-state index contributed by atoms with van der Waals surface area (Å²) in [6.07, 6.45) is -8.57. The number of carbonyl (C=O) groups is 4. The minimum atomic E-state index is -4.56. The monoisotopic (exact) mass is 1060 g/mol. The number of Topliss-reactive ketones (excluding diaryl/α,β-unsaturated/α-hetero) is 1. The second kappa shape index (κ2) is 22.5. The summed E-state index contributed by atoms with van der Waals surface area (Å²) in [5.74, 6) is -1.56. The molecule has 0 saturated carbocycles. The van der Waals surface area contributed by atoms with Gasteiger partial charge in [0, 0.05) is 50.6 Å². The normalized spacial score (nSPS) is 20.7. The molecular formula is C43H49Cl2F8N7O7S2. The highest BCUT2D eigenvalue weighted by molar-refractivity contribution is 7.15. The maximum atomic E-state index is 14.4. The van der Waals surface area contributed by atoms with E-state index in [2.05, 4.69) is 19.9 Å². The van der Waals surface area contributed by atoms with E-state index in [0.717, 1.165) is 22.2 Å². The number of ether oxygens (including phenoxy) is 2. The van der Waals surface area contributed by atoms with Gasteiger partial charge in [-0.1, -0.05) is 23.2 Å². The first kappa shape index (κ1) is 56.8. The number of ketones is 1. The molecule has 2 saturated heterocycles. The first-order valence-electron chi connectivity index (χ1n) is 20.8. The van der Waals surface area contributed by atoms with Crippen molar-refractivity contribution in [2.75, 3.05) is 0 Å². The molecule has 2 amide bonds. The summed E-state index contributed by atoms with van der Waals surface area (Å²) in [6.45, 7) is 13.3. The Hall–Kier alpha value is -4.78. The molecule has 4 aromatic heterocycles. The van der Waals surface area contributed by atoms with E-state index in [1.807, 2.05) is 0 Å². The van der Waals surface area contributed by atoms with Crippen LogP contribution in [0.1, 0.15) is 95.8 Å². The van der Waals surface area contributed by atoms with E-state index < -0.39 is 88.2 Å². The third kappa shape index (κ3) is 15.4. The molecule has 69 heavy (non-hydrogen) atoms. The number of carbonyl (C=O) groups excluding carboxylic acids is 3. The molecule has 2 fully saturated rings. The quantitative estimate of drug-likeness (QED) is 0.159. The van der Waals surface area contributed by atoms with Crippen LogP contribution in [0, 0.1) is 0 Å². The number of thiazole rings is 2. The van der Waals surface area contributed by atoms with E-state index in [1.165, 1.54) is 32.3 Å². The van der Waals surface area contributed by atoms with Gasteiger partial charge >= 0.3 is 30.5 Å². The van der Waals surface area contributed by atoms with Crippen molar-refractivity contribution in [1.82, 2.24) is 29.7 Å². The number of alkyl halides is 8. The Morgan fingerprint density at radius 2 is 1.09 bits per heavy atom. The van der Waals surface area contributed by atoms with Gasteiger partial charge < -0.3 is 20.3 Å². The van der Waals surface area contributed by atoms with Gasteiger partial charge in [-0.25, -0.2) is 33.1 Å². The molecular weight excluding hydrogens is 1010 g/mol. The predicted octanol–water partition coefficient (Wildman–Crippen LogP) is 11.3. The SMILES string of the molecule is C[C@H]1[C@H](F)C[C@@H](C(=O)CCc2cc(-c3cnc(C(F)(F)F)s3)ncc2Cl)N1C(=O)OC(C)(C)C.C[C@H]1[C@H](F)C[C@@H](C(=O)O)N1C(=O)OC(C)(C)C.NCc1cc(-c2cnc(C(F)(F)F)s2)ncc1Cl. The molecule has 0 aromatic carbocycles. The van der Waals surface area contributed by atoms with Crippen molar-refractivity contribution >= 4 is 69.8 Å². The second-order valence-corrected chi connectivity index (χ2v) is 20.6. The number of nitrogens with two attached hydrogens (primary N) is 1. The first-order chi connectivity index (χ1) is 31.7. The molecule has 6 rings (SSSR count). The summed E-state index contributed by atoms with van der Waals surface area (Å²) >= 11 is 13.0. The van der Waals surface area contributed by atoms with Gasteiger partial charge in [-0.05, 0) is 85.1 Å². The van der Waals surface area contributed by atoms with E-state index in [9.17, 15) is 54.3 Å². The van der Waals surface area contributed by atoms with Gasteiger partial charge in [-0.2, -0.15) is 26.3 Å². The van der Waals surface area contributed by atoms with Crippen LogP contribution in [0.2, 0.25) is 10.0 Å². The minimum absolute atomic E-state index is 0.0525. The standard InChI is InChI=1S/C22H24ClF4N3O3S.C11H18FNO4.C10H7ClF3N3S/c1-11-14(24)8-16(30(11)20(32)33-21(2,3)4)17(31)6-5-12-7-15(28-9-13(12)23)18-10-29-19(34-18)22(25,26)27;1-6-7(12)5-8(9(14)15)13(6)10(16)17-11(2,3)4;11-6-3-16-7(1-5(6)2-15)8-4-17-9(18-8)10(12,13)14/h7,9-11,14,16H,5-6,8H2,1-4H3;6-8H,5H2,1-4H3,(H,14,15);1,3-4H,2,15H2/t11-,14+,16-;6-,7+,8-;/m00./s1. The Kier molecular flexibility index (Phi) is 18.6. The maximum absolute atomic E-state index is 14.4. The summed E-state index contributed by atoms with van der Waals surface area (Å²) < 4.78 is 114. The molecule has 0 aliphatic carbocycles. The number of aliphatic carboxylic acids is 1. The Morgan fingerprint density at radius 3 is 1.46 bits per heavy atom. The summed E-state index contributed by atoms with van der Waals surface area (Å²) in [7, 11) is 0. The van der Waals surface area contributed by atoms with E-state index in [1.54, 1.807) is 47.6 Å². The molecule has 2 aliphatic rings. The van der Waals surface area contributed by atoms with E-state index in [0.29, 0.717) is 49.4 Å². The Bertz CT molecular complexity index is 2460. The van der Waals surface area contributed by atoms with Crippen molar-refractivity contribution in [3.8, 4) is 21.1 Å². The highest BCUT2D eigenvalue weighted by Crippen LogP contribution is 2.38. The average molecular weight is 1060 g/mol. The van der Waals surface area contributed by atoms with E-state index in [-0.39, 0.29) is 53.6 Å². The smallest absolute Gasteiger partial charge is 0.443 e. The second-order valence-electron chi connectivity index (χ2n) is 17.7. The number of hydrogen-bond acceptors (Lipinski definition) is 13. The minimum Gasteiger partial charge on any atom is -0.480 e. The number of carboxylic acids is 1. The topological polar surface area (TPSA) is 191 Å². The highest BCUT2D eigenvalue weighted by atomic mass is 35.5. The largest absolute Gasteiger partial charge is 0.480 e. The van der Waals surface area contributed by atoms with Crippen LogP contribution in [0.3, 0.4) is 0 Å². The number of rotatable bonds is 8. The molecule has 380 valence electrons. The molecule has 0 unspecified atom stereocenters. The summed E-state index contributed by atoms with van der Waals surface area (Å²) in [5, 5.41) is 7.69. The number of pyridine rings is 2. The number of halogens is 10. The van der Waals surface area contributed by atoms with Crippen LogP contribution in [-0.4, -0.2) is 106 Å². The summed E-state index contributed by atoms with van der Waals surface area (Å²) in [4.78, 5) is 65.7. The van der Waals surface area contributed by atoms with E-state index >= 15 is 0 Å². The van der Waals surface area contributed by atoms with Crippen molar-refractivity contribution in [2.24, 2.45) is 5.73 Å². The number of aryl methyl sites for hydroxylation is 1. The van der Waals surface area contributed by atoms with Crippen LogP contribution in [0.25, 0.3) is 21.1 Å². The van der Waals surface area contributed by atoms with Crippen LogP contribution >= 0.6 is 45.9 Å². The Morgan fingerprint density at radius 1 is 0.696 bits per heavy atom. The molecule has 6 heterocycles. The van der Waals surface area contributed by atoms with Gasteiger partial charge in [0.15, 0.2) is 15.8 Å². The lowest BCUT2D eigenvalue weighted by Gasteiger charge is -2.30. The molecule has 0 radical (unpaired) electrons. The number of hydrogen-bond donors (Lipinski definition) is 2. The molecule has 2 aliphatic heterocycles. The Balaban J connectivity index is 0.000000249. The van der Waals surface area contributed by atoms with Crippen LogP contribution in [0.4, 0.5) is 44.7 Å². The number of aromatic nitrogens is 4. The molecule has 0 bridgehead atoms. The number of likely N-dealkylation sites (tertiary alicyclic amines) is 2. The third-order valence-corrected chi connectivity index (χ3v) is 12.9. The lowest BCUT2D eigenvalue weighted by atomic mass is 10.0. The maximum Gasteiger partial charge on any atom is 0.443 e. The van der Waals surface area contributed by atoms with Gasteiger partial charge in [0.05, 0.1) is 49.3 Å². The zero-order valence-electron chi connectivity index (χ0n) is 38.2. The van der Waals surface area contributed by atoms with Crippen molar-refractivity contribution in [1.29, 1.82) is 0 Å². The molecule has 3 N–H and O–H groups in total. The number of nitrogens with zero attached hydrogens (tertiary/aromatic N) is 6. The lowest BCUT2D eigenvalue weighted by Crippen LogP contribution is -2.47. The van der Waals surface area contributed by atoms with Gasteiger partial charge in [0.25, 0.3) is 0 Å². The van der Waals surface area contributed by atoms with Gasteiger partial charge in [0.1, 0.15) is 29.6 Å². The lowest BCUT2D eigenvalue weighted by molar-refractivity contribution is -0.142. The zero-order chi connectivity index (χ0) is 52.1. The molecule has 6 atom stereocenters. The highest BCUT2D eigenvalue weighted by Gasteiger charge is 2.48. The van der Waals surface area contributed by atoms with Crippen molar-refractivity contribution in [2.45, 2.75) is 148 Å². The molecule has 26 heteroatoms. The predicted molar refractivity (Wildman–Crippen MR) is 241 cm³/mol. The fourth-order valence-corrected chi connectivity index (χ4v) is 8.62. The van der Waals surface area contributed by atoms with Crippen LogP contribution in [0.5, 0.6) is 0 Å². The van der Waals surface area contributed by atoms with Gasteiger partial charge in [-0.3, -0.25) is 24.6 Å². The third-order valence-electron chi connectivity index (χ3n) is 10.1. The number of amides is 2. The van der Waals surface area contributed by atoms with Crippen molar-refractivity contribution in [3.05, 3.63) is 68.1 Å². The first-order valence-corrected chi connectivity index (χ1v) is 23.2. The van der Waals surface area contributed by atoms with Crippen molar-refractivity contribution < 1.29 is 68.9 Å². The zero-order valence-corrected chi connectivity index (χ0v) is 41.4. The summed E-state index contributed by atoms with van der Waals surface area (Å²) in [6, 6.07) is -0.634. The fourth-order valence-electron chi connectivity index (χ4n) is 6.74. The van der Waals surface area contributed by atoms with Crippen LogP contribution in [-0.2, 0) is 44.4 Å². The van der Waals surface area contributed by atoms with Crippen molar-refractivity contribution in [3.63, 3.8) is 0 Å². The Labute approximate surface area is 409 Å². The fraction of sp³-hybridized carbons (Fsp3) is 0.535.